The van der Waals surface area contributed by atoms with Crippen molar-refractivity contribution in [2.24, 2.45) is 0 Å². The Morgan fingerprint density at radius 2 is 1.89 bits per heavy atom. The summed E-state index contributed by atoms with van der Waals surface area (Å²) in [5, 5.41) is 10.4. The zero-order valence-corrected chi connectivity index (χ0v) is 21.0. The largest absolute Gasteiger partial charge is 0.421 e. The van der Waals surface area contributed by atoms with Crippen molar-refractivity contribution in [3.8, 4) is 0 Å². The van der Waals surface area contributed by atoms with Gasteiger partial charge in [0.15, 0.2) is 0 Å². The van der Waals surface area contributed by atoms with Crippen molar-refractivity contribution in [1.29, 1.82) is 0 Å². The highest BCUT2D eigenvalue weighted by atomic mass is 19.4. The van der Waals surface area contributed by atoms with Gasteiger partial charge in [-0.05, 0) is 52.7 Å². The number of carbonyl (C=O) groups excluding carboxylic acids is 1. The molecular formula is C23H34F3N9O. The third-order valence-electron chi connectivity index (χ3n) is 6.74. The van der Waals surface area contributed by atoms with E-state index < -0.39 is 11.7 Å². The van der Waals surface area contributed by atoms with Gasteiger partial charge in [-0.25, -0.2) is 9.78 Å². The number of alkyl halides is 3. The van der Waals surface area contributed by atoms with Gasteiger partial charge in [-0.1, -0.05) is 0 Å². The number of rotatable bonds is 8. The molecule has 0 unspecified atom stereocenters. The molecule has 2 aromatic rings. The summed E-state index contributed by atoms with van der Waals surface area (Å²) in [5.41, 5.74) is 0.455. The molecule has 2 saturated heterocycles. The van der Waals surface area contributed by atoms with Crippen LogP contribution in [0.5, 0.6) is 0 Å². The number of anilines is 3. The molecule has 0 saturated carbocycles. The molecule has 4 rings (SSSR count). The third kappa shape index (κ3) is 6.18. The van der Waals surface area contributed by atoms with Gasteiger partial charge in [-0.15, -0.1) is 0 Å². The van der Waals surface area contributed by atoms with Crippen LogP contribution in [-0.2, 0) is 6.18 Å². The molecule has 2 fully saturated rings. The van der Waals surface area contributed by atoms with E-state index >= 15 is 0 Å². The number of halogens is 3. The van der Waals surface area contributed by atoms with Crippen molar-refractivity contribution in [2.45, 2.75) is 44.8 Å². The highest BCUT2D eigenvalue weighted by molar-refractivity contribution is 5.74. The van der Waals surface area contributed by atoms with Gasteiger partial charge in [0, 0.05) is 45.6 Å². The molecule has 0 atom stereocenters. The lowest BCUT2D eigenvalue weighted by Gasteiger charge is -2.33. The van der Waals surface area contributed by atoms with E-state index in [4.69, 9.17) is 0 Å². The number of amides is 2. The van der Waals surface area contributed by atoms with Crippen LogP contribution in [0.15, 0.2) is 12.4 Å². The Morgan fingerprint density at radius 3 is 2.61 bits per heavy atom. The molecule has 2 amide bonds. The maximum absolute atomic E-state index is 13.6. The first kappa shape index (κ1) is 26.0. The number of piperidine rings is 1. The zero-order chi connectivity index (χ0) is 25.9. The molecule has 198 valence electrons. The van der Waals surface area contributed by atoms with Gasteiger partial charge < -0.3 is 25.3 Å². The van der Waals surface area contributed by atoms with Gasteiger partial charge in [0.05, 0.1) is 17.4 Å². The molecule has 13 heteroatoms. The Kier molecular flexibility index (Phi) is 7.86. The smallest absolute Gasteiger partial charge is 0.369 e. The fourth-order valence-electron chi connectivity index (χ4n) is 4.57. The summed E-state index contributed by atoms with van der Waals surface area (Å²) in [6.45, 7) is 5.90. The van der Waals surface area contributed by atoms with Crippen LogP contribution in [0.4, 0.5) is 35.4 Å². The number of hydrogen-bond acceptors (Lipinski definition) is 7. The first-order chi connectivity index (χ1) is 17.1. The fraction of sp³-hybridized carbons (Fsp3) is 0.652. The summed E-state index contributed by atoms with van der Waals surface area (Å²) in [6, 6.07) is 0.231. The van der Waals surface area contributed by atoms with Gasteiger partial charge in [0.2, 0.25) is 5.95 Å². The number of aryl methyl sites for hydroxylation is 1. The number of hydrogen-bond donors (Lipinski definition) is 2. The predicted molar refractivity (Wildman–Crippen MR) is 130 cm³/mol. The standard InChI is InChI=1S/C23H34F3N9O/c1-16-19(15-35(31-16)17-6-12-32(2)13-7-17)29-21-28-14-18(23(24,25)26)20(30-21)27-8-4-10-34-11-5-9-33(3)22(34)36/h14-15,17H,4-13H2,1-3H3,(H2,27,28,29,30). The Bertz CT molecular complexity index is 1050. The van der Waals surface area contributed by atoms with Crippen LogP contribution in [-0.4, -0.2) is 93.8 Å². The van der Waals surface area contributed by atoms with E-state index in [1.807, 2.05) is 17.8 Å². The molecule has 0 aliphatic carbocycles. The summed E-state index contributed by atoms with van der Waals surface area (Å²) in [7, 11) is 3.84. The van der Waals surface area contributed by atoms with Crippen molar-refractivity contribution < 1.29 is 18.0 Å². The molecule has 36 heavy (non-hydrogen) atoms. The molecule has 0 radical (unpaired) electrons. The molecule has 4 heterocycles. The number of likely N-dealkylation sites (tertiary alicyclic amines) is 1. The minimum Gasteiger partial charge on any atom is -0.369 e. The van der Waals surface area contributed by atoms with Crippen LogP contribution < -0.4 is 10.6 Å². The van der Waals surface area contributed by atoms with Gasteiger partial charge in [-0.3, -0.25) is 4.68 Å². The predicted octanol–water partition coefficient (Wildman–Crippen LogP) is 3.57. The van der Waals surface area contributed by atoms with Crippen molar-refractivity contribution in [3.05, 3.63) is 23.7 Å². The Labute approximate surface area is 208 Å². The van der Waals surface area contributed by atoms with Crippen molar-refractivity contribution in [2.75, 3.05) is 64.0 Å². The van der Waals surface area contributed by atoms with E-state index in [9.17, 15) is 18.0 Å². The van der Waals surface area contributed by atoms with Crippen molar-refractivity contribution >= 4 is 23.5 Å². The molecular weight excluding hydrogens is 475 g/mol. The lowest BCUT2D eigenvalue weighted by atomic mass is 10.1. The maximum atomic E-state index is 13.6. The lowest BCUT2D eigenvalue weighted by molar-refractivity contribution is -0.137. The van der Waals surface area contributed by atoms with Gasteiger partial charge in [0.1, 0.15) is 11.4 Å². The van der Waals surface area contributed by atoms with E-state index in [1.165, 1.54) is 0 Å². The Morgan fingerprint density at radius 1 is 1.14 bits per heavy atom. The minimum absolute atomic E-state index is 0.0538. The highest BCUT2D eigenvalue weighted by Crippen LogP contribution is 2.34. The van der Waals surface area contributed by atoms with Gasteiger partial charge >= 0.3 is 12.2 Å². The quantitative estimate of drug-likeness (QED) is 0.526. The number of urea groups is 1. The second-order valence-corrected chi connectivity index (χ2v) is 9.55. The molecule has 10 nitrogen and oxygen atoms in total. The van der Waals surface area contributed by atoms with Gasteiger partial charge in [0.25, 0.3) is 0 Å². The van der Waals surface area contributed by atoms with Crippen LogP contribution in [0.3, 0.4) is 0 Å². The summed E-state index contributed by atoms with van der Waals surface area (Å²) in [4.78, 5) is 25.9. The second kappa shape index (κ2) is 10.9. The monoisotopic (exact) mass is 509 g/mol. The van der Waals surface area contributed by atoms with E-state index in [-0.39, 0.29) is 30.4 Å². The SMILES string of the molecule is Cc1nn(C2CCN(C)CC2)cc1Nc1ncc(C(F)(F)F)c(NCCCN2CCCN(C)C2=O)n1. The molecule has 2 aromatic heterocycles. The zero-order valence-electron chi connectivity index (χ0n) is 21.0. The van der Waals surface area contributed by atoms with E-state index in [0.717, 1.165) is 50.8 Å². The maximum Gasteiger partial charge on any atom is 0.421 e. The molecule has 0 bridgehead atoms. The molecule has 2 N–H and O–H groups in total. The molecule has 2 aliphatic heterocycles. The van der Waals surface area contributed by atoms with E-state index in [1.54, 1.807) is 16.8 Å². The first-order valence-corrected chi connectivity index (χ1v) is 12.3. The lowest BCUT2D eigenvalue weighted by Crippen LogP contribution is -2.47. The van der Waals surface area contributed by atoms with Crippen LogP contribution in [0.25, 0.3) is 0 Å². The average Bonchev–Trinajstić information content (AvgIpc) is 3.19. The first-order valence-electron chi connectivity index (χ1n) is 12.3. The topological polar surface area (TPSA) is 94.5 Å². The second-order valence-electron chi connectivity index (χ2n) is 9.55. The van der Waals surface area contributed by atoms with Crippen LogP contribution in [0, 0.1) is 6.92 Å². The molecule has 2 aliphatic rings. The third-order valence-corrected chi connectivity index (χ3v) is 6.74. The van der Waals surface area contributed by atoms with Crippen LogP contribution in [0.2, 0.25) is 0 Å². The van der Waals surface area contributed by atoms with Crippen molar-refractivity contribution in [1.82, 2.24) is 34.4 Å². The van der Waals surface area contributed by atoms with E-state index in [0.29, 0.717) is 25.2 Å². The number of nitrogens with zero attached hydrogens (tertiary/aromatic N) is 7. The number of aromatic nitrogens is 4. The normalized spacial score (nSPS) is 18.1. The van der Waals surface area contributed by atoms with E-state index in [2.05, 4.69) is 37.6 Å². The van der Waals surface area contributed by atoms with Crippen LogP contribution in [0.1, 0.15) is 43.0 Å². The minimum atomic E-state index is -4.60. The average molecular weight is 510 g/mol. The van der Waals surface area contributed by atoms with Crippen LogP contribution >= 0.6 is 0 Å². The van der Waals surface area contributed by atoms with Gasteiger partial charge in [-0.2, -0.15) is 23.3 Å². The highest BCUT2D eigenvalue weighted by Gasteiger charge is 2.35. The molecule has 0 aromatic carbocycles. The summed E-state index contributed by atoms with van der Waals surface area (Å²) in [6.07, 6.45) is 1.40. The Hall–Kier alpha value is -3.09. The Balaban J connectivity index is 1.42. The summed E-state index contributed by atoms with van der Waals surface area (Å²) in [5.74, 6) is -0.230. The summed E-state index contributed by atoms with van der Waals surface area (Å²) >= 11 is 0. The number of nitrogens with one attached hydrogen (secondary N) is 2. The summed E-state index contributed by atoms with van der Waals surface area (Å²) < 4.78 is 42.7. The van der Waals surface area contributed by atoms with Crippen molar-refractivity contribution in [3.63, 3.8) is 0 Å². The number of carbonyl (C=O) groups is 1. The molecule has 0 spiro atoms. The fourth-order valence-corrected chi connectivity index (χ4v) is 4.57.